The van der Waals surface area contributed by atoms with Crippen LogP contribution in [0.5, 0.6) is 0 Å². The summed E-state index contributed by atoms with van der Waals surface area (Å²) in [7, 11) is 0. The van der Waals surface area contributed by atoms with Crippen molar-refractivity contribution in [3.8, 4) is 0 Å². The van der Waals surface area contributed by atoms with E-state index in [1.54, 1.807) is 18.7 Å². The molecule has 2 heterocycles. The number of oxazole rings is 1. The van der Waals surface area contributed by atoms with Gasteiger partial charge in [-0.25, -0.2) is 4.98 Å². The van der Waals surface area contributed by atoms with E-state index in [1.165, 1.54) is 5.56 Å². The number of fused-ring (bicyclic) bond motifs is 1. The Kier molecular flexibility index (Phi) is 2.44. The minimum atomic E-state index is -0.0990. The highest BCUT2D eigenvalue weighted by molar-refractivity contribution is 6.06. The molecule has 0 N–H and O–H groups in total. The number of carbonyl (C=O) groups is 1. The van der Waals surface area contributed by atoms with E-state index >= 15 is 0 Å². The van der Waals surface area contributed by atoms with Crippen LogP contribution in [0.15, 0.2) is 28.7 Å². The van der Waals surface area contributed by atoms with E-state index in [0.29, 0.717) is 23.9 Å². The lowest BCUT2D eigenvalue weighted by Crippen LogP contribution is -2.29. The number of hydrogen-bond donors (Lipinski definition) is 0. The number of benzene rings is 1. The molecule has 4 heteroatoms. The Labute approximate surface area is 105 Å². The van der Waals surface area contributed by atoms with Crippen LogP contribution in [-0.2, 0) is 6.42 Å². The Balaban J connectivity index is 1.98. The molecule has 92 valence electrons. The standard InChI is InChI=1S/C14H14N2O2/c1-9-13(18-10(2)15-9)14(17)16-8-7-11-5-3-4-6-12(11)16/h3-6H,7-8H2,1-2H3. The van der Waals surface area contributed by atoms with Gasteiger partial charge >= 0.3 is 0 Å². The van der Waals surface area contributed by atoms with Gasteiger partial charge in [-0.2, -0.15) is 0 Å². The smallest absolute Gasteiger partial charge is 0.295 e. The molecule has 0 aliphatic carbocycles. The van der Waals surface area contributed by atoms with Crippen LogP contribution in [0.1, 0.15) is 27.7 Å². The first kappa shape index (κ1) is 11.0. The van der Waals surface area contributed by atoms with Crippen molar-refractivity contribution in [2.75, 3.05) is 11.4 Å². The van der Waals surface area contributed by atoms with Crippen LogP contribution in [-0.4, -0.2) is 17.4 Å². The number of aromatic nitrogens is 1. The van der Waals surface area contributed by atoms with Gasteiger partial charge in [-0.3, -0.25) is 4.79 Å². The van der Waals surface area contributed by atoms with Gasteiger partial charge < -0.3 is 9.32 Å². The second-order valence-corrected chi connectivity index (χ2v) is 4.48. The molecule has 0 radical (unpaired) electrons. The maximum absolute atomic E-state index is 12.4. The summed E-state index contributed by atoms with van der Waals surface area (Å²) >= 11 is 0. The van der Waals surface area contributed by atoms with Crippen LogP contribution in [0.4, 0.5) is 5.69 Å². The number of anilines is 1. The van der Waals surface area contributed by atoms with Crippen molar-refractivity contribution in [2.24, 2.45) is 0 Å². The van der Waals surface area contributed by atoms with Gasteiger partial charge in [0.05, 0.1) is 5.69 Å². The van der Waals surface area contributed by atoms with Crippen molar-refractivity contribution in [1.82, 2.24) is 4.98 Å². The third-order valence-corrected chi connectivity index (χ3v) is 3.23. The van der Waals surface area contributed by atoms with Gasteiger partial charge in [-0.1, -0.05) is 18.2 Å². The summed E-state index contributed by atoms with van der Waals surface area (Å²) in [5, 5.41) is 0. The molecule has 0 fully saturated rings. The Morgan fingerprint density at radius 3 is 2.83 bits per heavy atom. The molecule has 0 bridgehead atoms. The lowest BCUT2D eigenvalue weighted by molar-refractivity contribution is 0.0960. The molecule has 1 aliphatic heterocycles. The monoisotopic (exact) mass is 242 g/mol. The second-order valence-electron chi connectivity index (χ2n) is 4.48. The maximum Gasteiger partial charge on any atom is 0.295 e. The fourth-order valence-corrected chi connectivity index (χ4v) is 2.40. The van der Waals surface area contributed by atoms with Gasteiger partial charge in [0, 0.05) is 19.2 Å². The van der Waals surface area contributed by atoms with Crippen molar-refractivity contribution < 1.29 is 9.21 Å². The third kappa shape index (κ3) is 1.61. The van der Waals surface area contributed by atoms with Crippen molar-refractivity contribution >= 4 is 11.6 Å². The summed E-state index contributed by atoms with van der Waals surface area (Å²) in [6.07, 6.45) is 0.897. The third-order valence-electron chi connectivity index (χ3n) is 3.23. The van der Waals surface area contributed by atoms with Gasteiger partial charge in [-0.05, 0) is 25.0 Å². The predicted molar refractivity (Wildman–Crippen MR) is 67.8 cm³/mol. The highest BCUT2D eigenvalue weighted by atomic mass is 16.4. The summed E-state index contributed by atoms with van der Waals surface area (Å²) in [4.78, 5) is 18.3. The Morgan fingerprint density at radius 1 is 1.33 bits per heavy atom. The predicted octanol–water partition coefficient (Wildman–Crippen LogP) is 2.49. The average molecular weight is 242 g/mol. The quantitative estimate of drug-likeness (QED) is 0.771. The number of amides is 1. The second kappa shape index (κ2) is 3.98. The Bertz CT molecular complexity index is 616. The summed E-state index contributed by atoms with van der Waals surface area (Å²) in [5.74, 6) is 0.783. The first-order chi connectivity index (χ1) is 8.66. The van der Waals surface area contributed by atoms with Crippen LogP contribution in [0, 0.1) is 13.8 Å². The Hall–Kier alpha value is -2.10. The van der Waals surface area contributed by atoms with Crippen molar-refractivity contribution in [3.05, 3.63) is 47.2 Å². The summed E-state index contributed by atoms with van der Waals surface area (Å²) < 4.78 is 5.40. The molecule has 1 aliphatic rings. The van der Waals surface area contributed by atoms with Gasteiger partial charge in [0.1, 0.15) is 0 Å². The molecule has 0 atom stereocenters. The molecule has 18 heavy (non-hydrogen) atoms. The molecule has 1 aromatic heterocycles. The van der Waals surface area contributed by atoms with E-state index in [1.807, 2.05) is 18.2 Å². The van der Waals surface area contributed by atoms with Crippen LogP contribution >= 0.6 is 0 Å². The lowest BCUT2D eigenvalue weighted by atomic mass is 10.2. The van der Waals surface area contributed by atoms with Gasteiger partial charge in [-0.15, -0.1) is 0 Å². The number of carbonyl (C=O) groups excluding carboxylic acids is 1. The van der Waals surface area contributed by atoms with Crippen molar-refractivity contribution in [1.29, 1.82) is 0 Å². The number of para-hydroxylation sites is 1. The van der Waals surface area contributed by atoms with Crippen molar-refractivity contribution in [3.63, 3.8) is 0 Å². The highest BCUT2D eigenvalue weighted by Crippen LogP contribution is 2.29. The number of hydrogen-bond acceptors (Lipinski definition) is 3. The molecule has 1 aromatic carbocycles. The molecular formula is C14H14N2O2. The lowest BCUT2D eigenvalue weighted by Gasteiger charge is -2.15. The highest BCUT2D eigenvalue weighted by Gasteiger charge is 2.28. The van der Waals surface area contributed by atoms with E-state index < -0.39 is 0 Å². The first-order valence-corrected chi connectivity index (χ1v) is 6.00. The van der Waals surface area contributed by atoms with Crippen LogP contribution in [0.3, 0.4) is 0 Å². The molecule has 4 nitrogen and oxygen atoms in total. The van der Waals surface area contributed by atoms with Crippen molar-refractivity contribution in [2.45, 2.75) is 20.3 Å². The van der Waals surface area contributed by atoms with E-state index in [4.69, 9.17) is 4.42 Å². The van der Waals surface area contributed by atoms with Gasteiger partial charge in [0.2, 0.25) is 5.76 Å². The van der Waals surface area contributed by atoms with E-state index in [0.717, 1.165) is 12.1 Å². The Morgan fingerprint density at radius 2 is 2.11 bits per heavy atom. The fraction of sp³-hybridized carbons (Fsp3) is 0.286. The largest absolute Gasteiger partial charge is 0.436 e. The van der Waals surface area contributed by atoms with E-state index in [9.17, 15) is 4.79 Å². The zero-order valence-corrected chi connectivity index (χ0v) is 10.4. The normalized spacial score (nSPS) is 13.8. The molecule has 2 aromatic rings. The SMILES string of the molecule is Cc1nc(C)c(C(=O)N2CCc3ccccc32)o1. The average Bonchev–Trinajstić information content (AvgIpc) is 2.92. The summed E-state index contributed by atoms with van der Waals surface area (Å²) in [5.41, 5.74) is 2.84. The fourth-order valence-electron chi connectivity index (χ4n) is 2.40. The van der Waals surface area contributed by atoms with Crippen LogP contribution < -0.4 is 4.90 Å². The van der Waals surface area contributed by atoms with Gasteiger partial charge in [0.15, 0.2) is 5.89 Å². The molecule has 1 amide bonds. The maximum atomic E-state index is 12.4. The van der Waals surface area contributed by atoms with E-state index in [-0.39, 0.29) is 5.91 Å². The molecule has 0 saturated carbocycles. The molecule has 3 rings (SSSR count). The summed E-state index contributed by atoms with van der Waals surface area (Å²) in [6, 6.07) is 7.97. The molecule has 0 unspecified atom stereocenters. The number of aryl methyl sites for hydroxylation is 2. The number of nitrogens with zero attached hydrogens (tertiary/aromatic N) is 2. The van der Waals surface area contributed by atoms with Gasteiger partial charge in [0.25, 0.3) is 5.91 Å². The molecule has 0 saturated heterocycles. The minimum absolute atomic E-state index is 0.0990. The van der Waals surface area contributed by atoms with Crippen LogP contribution in [0.2, 0.25) is 0 Å². The summed E-state index contributed by atoms with van der Waals surface area (Å²) in [6.45, 7) is 4.25. The van der Waals surface area contributed by atoms with E-state index in [2.05, 4.69) is 11.1 Å². The molecule has 0 spiro atoms. The molecular weight excluding hydrogens is 228 g/mol. The minimum Gasteiger partial charge on any atom is -0.436 e. The zero-order chi connectivity index (χ0) is 12.7. The topological polar surface area (TPSA) is 46.3 Å². The van der Waals surface area contributed by atoms with Crippen LogP contribution in [0.25, 0.3) is 0 Å². The number of rotatable bonds is 1. The first-order valence-electron chi connectivity index (χ1n) is 6.00. The zero-order valence-electron chi connectivity index (χ0n) is 10.4.